The van der Waals surface area contributed by atoms with Crippen LogP contribution < -0.4 is 5.32 Å². The fourth-order valence-electron chi connectivity index (χ4n) is 2.93. The highest BCUT2D eigenvalue weighted by molar-refractivity contribution is 5.76. The molecule has 0 radical (unpaired) electrons. The first-order valence-corrected chi connectivity index (χ1v) is 7.13. The lowest BCUT2D eigenvalue weighted by molar-refractivity contribution is 0.535. The molecule has 1 aliphatic rings. The Morgan fingerprint density at radius 2 is 2.37 bits per heavy atom. The normalized spacial score (nSPS) is 19.4. The Morgan fingerprint density at radius 3 is 3.11 bits per heavy atom. The van der Waals surface area contributed by atoms with Gasteiger partial charge in [0, 0.05) is 19.0 Å². The second kappa shape index (κ2) is 5.29. The van der Waals surface area contributed by atoms with Crippen LogP contribution in [0.1, 0.15) is 25.6 Å². The van der Waals surface area contributed by atoms with Gasteiger partial charge in [0.1, 0.15) is 11.6 Å². The molecule has 19 heavy (non-hydrogen) atoms. The first kappa shape index (κ1) is 12.6. The van der Waals surface area contributed by atoms with Crippen molar-refractivity contribution in [3.05, 3.63) is 29.8 Å². The summed E-state index contributed by atoms with van der Waals surface area (Å²) in [5.74, 6) is 1.57. The summed E-state index contributed by atoms with van der Waals surface area (Å²) in [5, 5.41) is 3.39. The standard InChI is InChI=1S/C15H20FN3/c1-2-7-19-14-4-3-12(16)9-13(14)18-15(19)8-11-5-6-17-10-11/h3-4,9,11,17H,2,5-8,10H2,1H3. The Morgan fingerprint density at radius 1 is 1.47 bits per heavy atom. The van der Waals surface area contributed by atoms with E-state index < -0.39 is 0 Å². The second-order valence-corrected chi connectivity index (χ2v) is 5.38. The summed E-state index contributed by atoms with van der Waals surface area (Å²) in [6, 6.07) is 4.92. The smallest absolute Gasteiger partial charge is 0.125 e. The number of hydrogen-bond donors (Lipinski definition) is 1. The zero-order valence-electron chi connectivity index (χ0n) is 11.3. The van der Waals surface area contributed by atoms with E-state index in [2.05, 4.69) is 21.8 Å². The molecule has 1 N–H and O–H groups in total. The molecule has 1 saturated heterocycles. The zero-order valence-corrected chi connectivity index (χ0v) is 11.3. The van der Waals surface area contributed by atoms with E-state index in [1.165, 1.54) is 18.6 Å². The van der Waals surface area contributed by atoms with E-state index in [0.29, 0.717) is 5.92 Å². The minimum Gasteiger partial charge on any atom is -0.328 e. The van der Waals surface area contributed by atoms with Crippen molar-refractivity contribution in [3.63, 3.8) is 0 Å². The zero-order chi connectivity index (χ0) is 13.2. The highest BCUT2D eigenvalue weighted by Crippen LogP contribution is 2.22. The monoisotopic (exact) mass is 261 g/mol. The summed E-state index contributed by atoms with van der Waals surface area (Å²) in [4.78, 5) is 4.65. The van der Waals surface area contributed by atoms with Crippen LogP contribution in [0.15, 0.2) is 18.2 Å². The van der Waals surface area contributed by atoms with E-state index in [1.54, 1.807) is 0 Å². The van der Waals surface area contributed by atoms with Gasteiger partial charge in [0.25, 0.3) is 0 Å². The third kappa shape index (κ3) is 2.50. The number of nitrogens with one attached hydrogen (secondary N) is 1. The van der Waals surface area contributed by atoms with Gasteiger partial charge in [-0.25, -0.2) is 9.37 Å². The number of aromatic nitrogens is 2. The van der Waals surface area contributed by atoms with Gasteiger partial charge in [-0.05, 0) is 44.0 Å². The van der Waals surface area contributed by atoms with Gasteiger partial charge in [-0.3, -0.25) is 0 Å². The van der Waals surface area contributed by atoms with Gasteiger partial charge in [0.2, 0.25) is 0 Å². The van der Waals surface area contributed by atoms with Crippen LogP contribution in [-0.2, 0) is 13.0 Å². The number of fused-ring (bicyclic) bond motifs is 1. The van der Waals surface area contributed by atoms with E-state index in [1.807, 2.05) is 6.07 Å². The highest BCUT2D eigenvalue weighted by Gasteiger charge is 2.19. The molecule has 1 aliphatic heterocycles. The molecule has 2 aromatic rings. The number of rotatable bonds is 4. The molecule has 3 nitrogen and oxygen atoms in total. The van der Waals surface area contributed by atoms with E-state index >= 15 is 0 Å². The van der Waals surface area contributed by atoms with Crippen LogP contribution in [0.4, 0.5) is 4.39 Å². The van der Waals surface area contributed by atoms with Crippen molar-refractivity contribution in [2.75, 3.05) is 13.1 Å². The van der Waals surface area contributed by atoms with Crippen molar-refractivity contribution in [3.8, 4) is 0 Å². The van der Waals surface area contributed by atoms with Crippen molar-refractivity contribution >= 4 is 11.0 Å². The maximum atomic E-state index is 13.3. The van der Waals surface area contributed by atoms with Crippen molar-refractivity contribution in [2.24, 2.45) is 5.92 Å². The van der Waals surface area contributed by atoms with Gasteiger partial charge in [0.15, 0.2) is 0 Å². The predicted molar refractivity (Wildman–Crippen MR) is 74.7 cm³/mol. The fraction of sp³-hybridized carbons (Fsp3) is 0.533. The molecule has 0 aliphatic carbocycles. The minimum atomic E-state index is -0.206. The van der Waals surface area contributed by atoms with E-state index in [-0.39, 0.29) is 5.82 Å². The molecule has 1 atom stereocenters. The molecule has 1 aromatic carbocycles. The molecule has 0 bridgehead atoms. The van der Waals surface area contributed by atoms with Gasteiger partial charge in [-0.15, -0.1) is 0 Å². The molecule has 3 rings (SSSR count). The van der Waals surface area contributed by atoms with Crippen LogP contribution in [0.2, 0.25) is 0 Å². The first-order chi connectivity index (χ1) is 9.28. The average Bonchev–Trinajstić information content (AvgIpc) is 2.99. The average molecular weight is 261 g/mol. The summed E-state index contributed by atoms with van der Waals surface area (Å²) >= 11 is 0. The molecule has 102 valence electrons. The molecule has 1 fully saturated rings. The van der Waals surface area contributed by atoms with E-state index in [0.717, 1.165) is 49.3 Å². The lowest BCUT2D eigenvalue weighted by Gasteiger charge is -2.11. The maximum Gasteiger partial charge on any atom is 0.125 e. The topological polar surface area (TPSA) is 29.9 Å². The van der Waals surface area contributed by atoms with Crippen LogP contribution in [0, 0.1) is 11.7 Å². The SMILES string of the molecule is CCCn1c(CC2CCNC2)nc2cc(F)ccc21. The van der Waals surface area contributed by atoms with Crippen LogP contribution in [0.3, 0.4) is 0 Å². The largest absolute Gasteiger partial charge is 0.328 e. The van der Waals surface area contributed by atoms with Gasteiger partial charge < -0.3 is 9.88 Å². The van der Waals surface area contributed by atoms with Crippen LogP contribution in [-0.4, -0.2) is 22.6 Å². The number of imidazole rings is 1. The van der Waals surface area contributed by atoms with Gasteiger partial charge in [-0.2, -0.15) is 0 Å². The Bertz CT molecular complexity index is 570. The van der Waals surface area contributed by atoms with Gasteiger partial charge in [-0.1, -0.05) is 6.92 Å². The Balaban J connectivity index is 1.98. The lowest BCUT2D eigenvalue weighted by Crippen LogP contribution is -2.14. The molecule has 0 spiro atoms. The van der Waals surface area contributed by atoms with Gasteiger partial charge >= 0.3 is 0 Å². The predicted octanol–water partition coefficient (Wildman–Crippen LogP) is 2.74. The molecule has 0 amide bonds. The van der Waals surface area contributed by atoms with Crippen LogP contribution in [0.5, 0.6) is 0 Å². The number of benzene rings is 1. The lowest BCUT2D eigenvalue weighted by atomic mass is 10.0. The Hall–Kier alpha value is -1.42. The third-order valence-electron chi connectivity index (χ3n) is 3.87. The highest BCUT2D eigenvalue weighted by atomic mass is 19.1. The molecular weight excluding hydrogens is 241 g/mol. The molecular formula is C15H20FN3. The summed E-state index contributed by atoms with van der Waals surface area (Å²) in [7, 11) is 0. The van der Waals surface area contributed by atoms with Crippen molar-refractivity contribution < 1.29 is 4.39 Å². The minimum absolute atomic E-state index is 0.206. The second-order valence-electron chi connectivity index (χ2n) is 5.38. The fourth-order valence-corrected chi connectivity index (χ4v) is 2.93. The number of halogens is 1. The first-order valence-electron chi connectivity index (χ1n) is 7.13. The number of hydrogen-bond acceptors (Lipinski definition) is 2. The van der Waals surface area contributed by atoms with Crippen molar-refractivity contribution in [2.45, 2.75) is 32.7 Å². The molecule has 1 aromatic heterocycles. The van der Waals surface area contributed by atoms with Crippen molar-refractivity contribution in [1.29, 1.82) is 0 Å². The molecule has 4 heteroatoms. The van der Waals surface area contributed by atoms with Gasteiger partial charge in [0.05, 0.1) is 11.0 Å². The summed E-state index contributed by atoms with van der Waals surface area (Å²) in [5.41, 5.74) is 1.85. The Labute approximate surface area is 112 Å². The van der Waals surface area contributed by atoms with Crippen LogP contribution >= 0.6 is 0 Å². The summed E-state index contributed by atoms with van der Waals surface area (Å²) < 4.78 is 15.6. The molecule has 1 unspecified atom stereocenters. The maximum absolute atomic E-state index is 13.3. The van der Waals surface area contributed by atoms with E-state index in [4.69, 9.17) is 0 Å². The summed E-state index contributed by atoms with van der Waals surface area (Å²) in [6.45, 7) is 5.30. The molecule has 0 saturated carbocycles. The Kier molecular flexibility index (Phi) is 3.51. The third-order valence-corrected chi connectivity index (χ3v) is 3.87. The van der Waals surface area contributed by atoms with Crippen LogP contribution in [0.25, 0.3) is 11.0 Å². The van der Waals surface area contributed by atoms with E-state index in [9.17, 15) is 4.39 Å². The summed E-state index contributed by atoms with van der Waals surface area (Å²) in [6.07, 6.45) is 3.27. The quantitative estimate of drug-likeness (QED) is 0.917. The van der Waals surface area contributed by atoms with Crippen molar-refractivity contribution in [1.82, 2.24) is 14.9 Å². The number of nitrogens with zero attached hydrogens (tertiary/aromatic N) is 2. The molecule has 2 heterocycles. The number of aryl methyl sites for hydroxylation is 1.